The van der Waals surface area contributed by atoms with Crippen molar-refractivity contribution in [3.63, 3.8) is 0 Å². The molecule has 0 saturated heterocycles. The van der Waals surface area contributed by atoms with Gasteiger partial charge in [0, 0.05) is 23.4 Å². The van der Waals surface area contributed by atoms with Crippen LogP contribution in [0.1, 0.15) is 46.2 Å². The fourth-order valence-corrected chi connectivity index (χ4v) is 7.25. The minimum Gasteiger partial charge on any atom is -0.378 e. The van der Waals surface area contributed by atoms with Crippen LogP contribution in [0, 0.1) is 19.8 Å². The van der Waals surface area contributed by atoms with Crippen LogP contribution in [0.3, 0.4) is 0 Å². The number of hydrogen-bond acceptors (Lipinski definition) is 5. The lowest BCUT2D eigenvalue weighted by Crippen LogP contribution is -2.29. The molecular weight excluding hydrogens is 552 g/mol. The molecule has 0 bridgehead atoms. The highest BCUT2D eigenvalue weighted by Crippen LogP contribution is 2.50. The Morgan fingerprint density at radius 1 is 0.860 bits per heavy atom. The van der Waals surface area contributed by atoms with Gasteiger partial charge in [-0.05, 0) is 84.5 Å². The van der Waals surface area contributed by atoms with Gasteiger partial charge in [0.05, 0.1) is 11.7 Å². The van der Waals surface area contributed by atoms with Crippen LogP contribution in [0.5, 0.6) is 5.75 Å². The lowest BCUT2D eigenvalue weighted by Gasteiger charge is -2.37. The third-order valence-corrected chi connectivity index (χ3v) is 9.80. The van der Waals surface area contributed by atoms with E-state index in [4.69, 9.17) is 9.18 Å². The zero-order valence-corrected chi connectivity index (χ0v) is 24.9. The smallest absolute Gasteiger partial charge is 0.339 e. The molecular formula is C37H32N2O3S. The number of anilines is 1. The molecule has 5 aromatic carbocycles. The molecule has 0 aromatic heterocycles. The van der Waals surface area contributed by atoms with E-state index in [1.807, 2.05) is 49.4 Å². The zero-order chi connectivity index (χ0) is 29.6. The normalized spacial score (nSPS) is 19.3. The molecule has 6 heteroatoms. The van der Waals surface area contributed by atoms with Crippen molar-refractivity contribution in [1.29, 1.82) is 0 Å². The number of aryl methyl sites for hydroxylation is 2. The number of benzene rings is 5. The summed E-state index contributed by atoms with van der Waals surface area (Å²) in [5, 5.41) is 5.63. The molecule has 7 rings (SSSR count). The molecule has 1 N–H and O–H groups in total. The van der Waals surface area contributed by atoms with Crippen molar-refractivity contribution >= 4 is 38.5 Å². The maximum absolute atomic E-state index is 13.2. The van der Waals surface area contributed by atoms with E-state index < -0.39 is 10.1 Å². The molecule has 5 aromatic rings. The molecule has 0 saturated carbocycles. The van der Waals surface area contributed by atoms with E-state index in [1.165, 1.54) is 22.4 Å². The SMILES string of the molecule is Cc1ccc(S(=O)(=O)Oc2ccc3ccccc3c2C=Nc2ccc([C@@H]3Nc4ccc(C)cc4[C@H]4C=CC[C@H]43)cc2)cc1. The predicted octanol–water partition coefficient (Wildman–Crippen LogP) is 8.80. The van der Waals surface area contributed by atoms with E-state index in [2.05, 4.69) is 54.7 Å². The predicted molar refractivity (Wildman–Crippen MR) is 174 cm³/mol. The molecule has 0 unspecified atom stereocenters. The van der Waals surface area contributed by atoms with Crippen molar-refractivity contribution in [2.24, 2.45) is 10.9 Å². The Kier molecular flexibility index (Phi) is 6.86. The minimum atomic E-state index is -4.03. The minimum absolute atomic E-state index is 0.110. The molecule has 0 amide bonds. The molecule has 5 nitrogen and oxygen atoms in total. The van der Waals surface area contributed by atoms with Gasteiger partial charge in [0.15, 0.2) is 5.75 Å². The van der Waals surface area contributed by atoms with Crippen molar-refractivity contribution in [3.05, 3.63) is 143 Å². The van der Waals surface area contributed by atoms with Gasteiger partial charge in [-0.1, -0.05) is 90.0 Å². The van der Waals surface area contributed by atoms with Crippen molar-refractivity contribution in [1.82, 2.24) is 0 Å². The highest BCUT2D eigenvalue weighted by atomic mass is 32.2. The lowest BCUT2D eigenvalue weighted by atomic mass is 9.76. The van der Waals surface area contributed by atoms with E-state index in [9.17, 15) is 8.42 Å². The topological polar surface area (TPSA) is 67.8 Å². The Hall–Kier alpha value is -4.68. The Morgan fingerprint density at radius 3 is 2.44 bits per heavy atom. The molecule has 0 radical (unpaired) electrons. The molecule has 0 fully saturated rings. The van der Waals surface area contributed by atoms with Gasteiger partial charge in [-0.2, -0.15) is 8.42 Å². The first-order valence-electron chi connectivity index (χ1n) is 14.6. The maximum atomic E-state index is 13.2. The molecule has 0 spiro atoms. The summed E-state index contributed by atoms with van der Waals surface area (Å²) in [5.74, 6) is 1.12. The third-order valence-electron chi connectivity index (χ3n) is 8.55. The van der Waals surface area contributed by atoms with Crippen LogP contribution in [0.15, 0.2) is 125 Å². The van der Waals surface area contributed by atoms with Crippen LogP contribution < -0.4 is 9.50 Å². The monoisotopic (exact) mass is 584 g/mol. The molecule has 1 aliphatic carbocycles. The molecule has 1 aliphatic heterocycles. The number of aliphatic imine (C=N–C) groups is 1. The fourth-order valence-electron chi connectivity index (χ4n) is 6.30. The van der Waals surface area contributed by atoms with Gasteiger partial charge >= 0.3 is 10.1 Å². The van der Waals surface area contributed by atoms with Crippen LogP contribution in [-0.4, -0.2) is 14.6 Å². The molecule has 2 aliphatic rings. The van der Waals surface area contributed by atoms with Crippen molar-refractivity contribution in [2.45, 2.75) is 37.1 Å². The van der Waals surface area contributed by atoms with Gasteiger partial charge < -0.3 is 9.50 Å². The van der Waals surface area contributed by atoms with Gasteiger partial charge in [-0.25, -0.2) is 0 Å². The number of fused-ring (bicyclic) bond motifs is 4. The van der Waals surface area contributed by atoms with Crippen LogP contribution in [0.4, 0.5) is 11.4 Å². The first kappa shape index (κ1) is 27.2. The van der Waals surface area contributed by atoms with E-state index in [1.54, 1.807) is 36.5 Å². The van der Waals surface area contributed by atoms with Crippen LogP contribution in [-0.2, 0) is 10.1 Å². The summed E-state index contributed by atoms with van der Waals surface area (Å²) in [6.07, 6.45) is 7.41. The summed E-state index contributed by atoms with van der Waals surface area (Å²) in [6.45, 7) is 4.06. The Labute approximate surface area is 252 Å². The number of hydrogen-bond donors (Lipinski definition) is 1. The Bertz CT molecular complexity index is 2000. The van der Waals surface area contributed by atoms with Gasteiger partial charge in [0.2, 0.25) is 0 Å². The largest absolute Gasteiger partial charge is 0.378 e. The highest BCUT2D eigenvalue weighted by molar-refractivity contribution is 7.87. The van der Waals surface area contributed by atoms with E-state index in [0.717, 1.165) is 28.4 Å². The van der Waals surface area contributed by atoms with E-state index >= 15 is 0 Å². The average molecular weight is 585 g/mol. The second-order valence-corrected chi connectivity index (χ2v) is 13.0. The number of rotatable bonds is 6. The standard InChI is InChI=1S/C37H32N2O3S/c1-24-10-18-29(19-11-24)43(40,41)42-36-21-15-26-6-3-4-7-30(26)34(36)23-38-28-16-13-27(14-17-28)37-32-9-5-8-31(32)33-22-25(2)12-20-35(33)39-37/h3-8,10-23,31-32,37,39H,9H2,1-2H3/t31-,32+,37-/m0/s1. The Balaban J connectivity index is 1.18. The lowest BCUT2D eigenvalue weighted by molar-refractivity contribution is 0.425. The second-order valence-electron chi connectivity index (χ2n) is 11.5. The van der Waals surface area contributed by atoms with Crippen molar-refractivity contribution in [2.75, 3.05) is 5.32 Å². The summed E-state index contributed by atoms with van der Waals surface area (Å²) in [7, 11) is -4.03. The second kappa shape index (κ2) is 10.9. The molecule has 214 valence electrons. The first-order chi connectivity index (χ1) is 20.9. The van der Waals surface area contributed by atoms with Gasteiger partial charge in [-0.15, -0.1) is 0 Å². The number of nitrogens with zero attached hydrogens (tertiary/aromatic N) is 1. The van der Waals surface area contributed by atoms with Crippen molar-refractivity contribution in [3.8, 4) is 5.75 Å². The fraction of sp³-hybridized carbons (Fsp3) is 0.162. The summed E-state index contributed by atoms with van der Waals surface area (Å²) in [5.41, 5.74) is 7.45. The average Bonchev–Trinajstić information content (AvgIpc) is 3.51. The molecule has 43 heavy (non-hydrogen) atoms. The van der Waals surface area contributed by atoms with E-state index in [0.29, 0.717) is 17.4 Å². The quantitative estimate of drug-likeness (QED) is 0.123. The number of allylic oxidation sites excluding steroid dienone is 2. The summed E-state index contributed by atoms with van der Waals surface area (Å²) in [6, 6.07) is 33.2. The highest BCUT2D eigenvalue weighted by Gasteiger charge is 2.37. The van der Waals surface area contributed by atoms with Gasteiger partial charge in [0.25, 0.3) is 0 Å². The summed E-state index contributed by atoms with van der Waals surface area (Å²) >= 11 is 0. The van der Waals surface area contributed by atoms with Crippen LogP contribution in [0.25, 0.3) is 10.8 Å². The van der Waals surface area contributed by atoms with Gasteiger partial charge in [0.1, 0.15) is 4.90 Å². The third kappa shape index (κ3) is 5.23. The van der Waals surface area contributed by atoms with E-state index in [-0.39, 0.29) is 16.7 Å². The maximum Gasteiger partial charge on any atom is 0.339 e. The van der Waals surface area contributed by atoms with Crippen LogP contribution in [0.2, 0.25) is 0 Å². The first-order valence-corrected chi connectivity index (χ1v) is 16.0. The summed E-state index contributed by atoms with van der Waals surface area (Å²) in [4.78, 5) is 4.88. The number of nitrogens with one attached hydrogen (secondary N) is 1. The molecule has 1 heterocycles. The van der Waals surface area contributed by atoms with Gasteiger partial charge in [-0.3, -0.25) is 4.99 Å². The Morgan fingerprint density at radius 2 is 1.63 bits per heavy atom. The summed E-state index contributed by atoms with van der Waals surface area (Å²) < 4.78 is 32.0. The zero-order valence-electron chi connectivity index (χ0n) is 24.1. The van der Waals surface area contributed by atoms with Crippen LogP contribution >= 0.6 is 0 Å². The molecule has 3 atom stereocenters. The van der Waals surface area contributed by atoms with Crippen molar-refractivity contribution < 1.29 is 12.6 Å².